The Morgan fingerprint density at radius 3 is 2.34 bits per heavy atom. The molecule has 2 aromatic rings. The van der Waals surface area contributed by atoms with Crippen LogP contribution in [0.25, 0.3) is 0 Å². The molecule has 1 aliphatic heterocycles. The summed E-state index contributed by atoms with van der Waals surface area (Å²) >= 11 is 0. The molecule has 3 rings (SSSR count). The van der Waals surface area contributed by atoms with E-state index in [1.807, 2.05) is 5.32 Å². The van der Waals surface area contributed by atoms with Crippen molar-refractivity contribution in [2.24, 2.45) is 5.92 Å². The first-order valence-electron chi connectivity index (χ1n) is 9.44. The SMILES string of the molecule is O=C(COC(=O)C1CCN(c2ccc(C(F)(F)F)cn2)CC1)Nc1ccc(F)c(F)c1F. The highest BCUT2D eigenvalue weighted by Gasteiger charge is 2.32. The van der Waals surface area contributed by atoms with E-state index in [1.54, 1.807) is 4.90 Å². The second kappa shape index (κ2) is 9.45. The van der Waals surface area contributed by atoms with Crippen molar-refractivity contribution in [2.75, 3.05) is 29.9 Å². The van der Waals surface area contributed by atoms with Gasteiger partial charge in [0.1, 0.15) is 5.82 Å². The lowest BCUT2D eigenvalue weighted by atomic mass is 9.97. The number of piperidine rings is 1. The summed E-state index contributed by atoms with van der Waals surface area (Å²) in [6.07, 6.45) is -3.10. The second-order valence-corrected chi connectivity index (χ2v) is 7.04. The molecule has 172 valence electrons. The molecule has 0 spiro atoms. The summed E-state index contributed by atoms with van der Waals surface area (Å²) in [5.41, 5.74) is -1.46. The van der Waals surface area contributed by atoms with E-state index in [0.29, 0.717) is 37.8 Å². The first kappa shape index (κ1) is 23.4. The lowest BCUT2D eigenvalue weighted by molar-refractivity contribution is -0.152. The number of halogens is 6. The number of ether oxygens (including phenoxy) is 1. The molecule has 1 amide bonds. The van der Waals surface area contributed by atoms with Crippen molar-refractivity contribution in [1.82, 2.24) is 4.98 Å². The molecule has 1 aromatic carbocycles. The van der Waals surface area contributed by atoms with Crippen LogP contribution < -0.4 is 10.2 Å². The number of hydrogen-bond acceptors (Lipinski definition) is 5. The maximum atomic E-state index is 13.6. The number of carbonyl (C=O) groups excluding carboxylic acids is 2. The average Bonchev–Trinajstić information content (AvgIpc) is 2.77. The van der Waals surface area contributed by atoms with Crippen LogP contribution in [-0.2, 0) is 20.5 Å². The highest BCUT2D eigenvalue weighted by atomic mass is 19.4. The molecule has 32 heavy (non-hydrogen) atoms. The second-order valence-electron chi connectivity index (χ2n) is 7.04. The van der Waals surface area contributed by atoms with Crippen LogP contribution in [0.3, 0.4) is 0 Å². The first-order valence-corrected chi connectivity index (χ1v) is 9.44. The molecule has 0 aliphatic carbocycles. The van der Waals surface area contributed by atoms with E-state index >= 15 is 0 Å². The minimum atomic E-state index is -4.48. The van der Waals surface area contributed by atoms with E-state index in [1.165, 1.54) is 6.07 Å². The number of esters is 1. The van der Waals surface area contributed by atoms with Crippen molar-refractivity contribution in [3.63, 3.8) is 0 Å². The van der Waals surface area contributed by atoms with Gasteiger partial charge in [-0.15, -0.1) is 0 Å². The zero-order valence-electron chi connectivity index (χ0n) is 16.4. The lowest BCUT2D eigenvalue weighted by Gasteiger charge is -2.31. The number of pyridine rings is 1. The summed E-state index contributed by atoms with van der Waals surface area (Å²) in [5, 5.41) is 1.99. The van der Waals surface area contributed by atoms with E-state index in [0.717, 1.165) is 18.3 Å². The number of nitrogens with one attached hydrogen (secondary N) is 1. The van der Waals surface area contributed by atoms with Crippen LogP contribution >= 0.6 is 0 Å². The van der Waals surface area contributed by atoms with Crippen molar-refractivity contribution in [1.29, 1.82) is 0 Å². The number of alkyl halides is 3. The monoisotopic (exact) mass is 461 g/mol. The fourth-order valence-corrected chi connectivity index (χ4v) is 3.15. The predicted octanol–water partition coefficient (Wildman–Crippen LogP) is 3.92. The molecule has 6 nitrogen and oxygen atoms in total. The first-order chi connectivity index (χ1) is 15.1. The molecular weight excluding hydrogens is 444 g/mol. The highest BCUT2D eigenvalue weighted by molar-refractivity contribution is 5.93. The van der Waals surface area contributed by atoms with Crippen molar-refractivity contribution in [2.45, 2.75) is 19.0 Å². The third kappa shape index (κ3) is 5.48. The van der Waals surface area contributed by atoms with Gasteiger partial charge < -0.3 is 15.0 Å². The number of benzene rings is 1. The Bertz CT molecular complexity index is 989. The average molecular weight is 461 g/mol. The fourth-order valence-electron chi connectivity index (χ4n) is 3.15. The molecule has 0 unspecified atom stereocenters. The Morgan fingerprint density at radius 2 is 1.75 bits per heavy atom. The minimum Gasteiger partial charge on any atom is -0.455 e. The summed E-state index contributed by atoms with van der Waals surface area (Å²) in [4.78, 5) is 29.5. The molecule has 1 saturated heterocycles. The number of amides is 1. The highest BCUT2D eigenvalue weighted by Crippen LogP contribution is 2.30. The van der Waals surface area contributed by atoms with Gasteiger partial charge >= 0.3 is 12.1 Å². The Kier molecular flexibility index (Phi) is 6.90. The molecule has 0 atom stereocenters. The van der Waals surface area contributed by atoms with Gasteiger partial charge in [-0.25, -0.2) is 18.2 Å². The van der Waals surface area contributed by atoms with Crippen LogP contribution in [0, 0.1) is 23.4 Å². The molecule has 1 aromatic heterocycles. The number of aromatic nitrogens is 1. The van der Waals surface area contributed by atoms with E-state index in [4.69, 9.17) is 4.74 Å². The third-order valence-electron chi connectivity index (χ3n) is 4.88. The fraction of sp³-hybridized carbons (Fsp3) is 0.350. The van der Waals surface area contributed by atoms with E-state index in [-0.39, 0.29) is 0 Å². The quantitative estimate of drug-likeness (QED) is 0.415. The molecule has 1 aliphatic rings. The smallest absolute Gasteiger partial charge is 0.417 e. The van der Waals surface area contributed by atoms with Crippen LogP contribution in [0.1, 0.15) is 18.4 Å². The number of hydrogen-bond donors (Lipinski definition) is 1. The van der Waals surface area contributed by atoms with Gasteiger partial charge in [0.15, 0.2) is 24.1 Å². The zero-order chi connectivity index (χ0) is 23.5. The van der Waals surface area contributed by atoms with Crippen LogP contribution in [0.2, 0.25) is 0 Å². The summed E-state index contributed by atoms with van der Waals surface area (Å²) < 4.78 is 82.4. The number of rotatable bonds is 5. The molecule has 0 saturated carbocycles. The maximum Gasteiger partial charge on any atom is 0.417 e. The predicted molar refractivity (Wildman–Crippen MR) is 100 cm³/mol. The standard InChI is InChI=1S/C20H17F6N3O3/c21-13-2-3-14(18(23)17(13)22)28-16(30)10-32-19(31)11-5-7-29(8-6-11)15-4-1-12(9-27-15)20(24,25)26/h1-4,9,11H,5-8,10H2,(H,28,30). The zero-order valence-corrected chi connectivity index (χ0v) is 16.4. The van der Waals surface area contributed by atoms with Gasteiger partial charge in [0, 0.05) is 19.3 Å². The van der Waals surface area contributed by atoms with Crippen LogP contribution in [0.5, 0.6) is 0 Å². The van der Waals surface area contributed by atoms with Gasteiger partial charge in [-0.2, -0.15) is 13.2 Å². The third-order valence-corrected chi connectivity index (χ3v) is 4.88. The molecular formula is C20H17F6N3O3. The van der Waals surface area contributed by atoms with Crippen molar-refractivity contribution in [3.05, 3.63) is 53.5 Å². The topological polar surface area (TPSA) is 71.5 Å². The van der Waals surface area contributed by atoms with Gasteiger partial charge in [-0.3, -0.25) is 9.59 Å². The summed E-state index contributed by atoms with van der Waals surface area (Å²) in [7, 11) is 0. The van der Waals surface area contributed by atoms with Gasteiger partial charge in [-0.05, 0) is 37.1 Å². The summed E-state index contributed by atoms with van der Waals surface area (Å²) in [5.74, 6) is -6.54. The maximum absolute atomic E-state index is 13.6. The van der Waals surface area contributed by atoms with Gasteiger partial charge in [0.2, 0.25) is 0 Å². The van der Waals surface area contributed by atoms with Gasteiger partial charge in [-0.1, -0.05) is 0 Å². The summed E-state index contributed by atoms with van der Waals surface area (Å²) in [6, 6.07) is 3.65. The van der Waals surface area contributed by atoms with Crippen LogP contribution in [0.4, 0.5) is 37.8 Å². The molecule has 1 N–H and O–H groups in total. The van der Waals surface area contributed by atoms with Gasteiger partial charge in [0.05, 0.1) is 17.2 Å². The van der Waals surface area contributed by atoms with Crippen molar-refractivity contribution >= 4 is 23.4 Å². The van der Waals surface area contributed by atoms with Crippen LogP contribution in [-0.4, -0.2) is 36.6 Å². The van der Waals surface area contributed by atoms with Gasteiger partial charge in [0.25, 0.3) is 5.91 Å². The number of nitrogens with zero attached hydrogens (tertiary/aromatic N) is 2. The number of carbonyl (C=O) groups is 2. The van der Waals surface area contributed by atoms with E-state index in [9.17, 15) is 35.9 Å². The molecule has 0 radical (unpaired) electrons. The normalized spacial score (nSPS) is 14.9. The molecule has 0 bridgehead atoms. The Labute approximate surface area is 178 Å². The Hall–Kier alpha value is -3.31. The molecule has 12 heteroatoms. The minimum absolute atomic E-state index is 0.320. The lowest BCUT2D eigenvalue weighted by Crippen LogP contribution is -2.38. The largest absolute Gasteiger partial charge is 0.455 e. The van der Waals surface area contributed by atoms with E-state index in [2.05, 4.69) is 4.98 Å². The Morgan fingerprint density at radius 1 is 1.06 bits per heavy atom. The number of anilines is 2. The van der Waals surface area contributed by atoms with Crippen LogP contribution in [0.15, 0.2) is 30.5 Å². The summed E-state index contributed by atoms with van der Waals surface area (Å²) in [6.45, 7) is -0.0767. The van der Waals surface area contributed by atoms with Crippen molar-refractivity contribution < 1.29 is 40.7 Å². The molecule has 2 heterocycles. The van der Waals surface area contributed by atoms with E-state index < -0.39 is 59.3 Å². The Balaban J connectivity index is 1.46. The molecule has 1 fully saturated rings. The van der Waals surface area contributed by atoms with Crippen molar-refractivity contribution in [3.8, 4) is 0 Å².